The first-order chi connectivity index (χ1) is 14.6. The van der Waals surface area contributed by atoms with Crippen LogP contribution < -0.4 is 0 Å². The van der Waals surface area contributed by atoms with Crippen LogP contribution in [0.3, 0.4) is 0 Å². The molecule has 8 heteroatoms. The van der Waals surface area contributed by atoms with Crippen LogP contribution in [0.15, 0.2) is 35.4 Å². The van der Waals surface area contributed by atoms with Gasteiger partial charge in [-0.15, -0.1) is 0 Å². The van der Waals surface area contributed by atoms with Crippen LogP contribution in [-0.2, 0) is 25.2 Å². The first-order valence-corrected chi connectivity index (χ1v) is 14.2. The van der Waals surface area contributed by atoms with Gasteiger partial charge in [0, 0.05) is 4.91 Å². The third kappa shape index (κ3) is 7.04. The molecule has 7 nitrogen and oxygen atoms in total. The molecule has 2 rings (SSSR count). The van der Waals surface area contributed by atoms with Crippen molar-refractivity contribution in [1.29, 1.82) is 0 Å². The minimum atomic E-state index is -1.98. The second-order valence-electron chi connectivity index (χ2n) is 9.65. The lowest BCUT2D eigenvalue weighted by Gasteiger charge is -2.37. The van der Waals surface area contributed by atoms with Crippen LogP contribution in [0, 0.1) is 0 Å². The summed E-state index contributed by atoms with van der Waals surface area (Å²) >= 11 is 0. The van der Waals surface area contributed by atoms with Crippen LogP contribution in [0.5, 0.6) is 0 Å². The lowest BCUT2D eigenvalue weighted by Crippen LogP contribution is -2.44. The van der Waals surface area contributed by atoms with Crippen molar-refractivity contribution < 1.29 is 18.6 Å². The Hall–Kier alpha value is -1.41. The Kier molecular flexibility index (Phi) is 9.55. The standard InChI is InChI=1S/C23H39N3O4Si/c1-8-18(9-2)29-21-20(25-26-24)19(16-28-31(6,7)23(3,4)5)30-22(21)27-15-17-13-11-10-12-14-17/h10-14,18-22H,8-9,15-16H2,1-7H3/t19-,20-,21+,22+/m1/s1. The van der Waals surface area contributed by atoms with E-state index in [1.54, 1.807) is 0 Å². The van der Waals surface area contributed by atoms with Gasteiger partial charge in [0.1, 0.15) is 6.10 Å². The number of hydrogen-bond donors (Lipinski definition) is 0. The zero-order chi connectivity index (χ0) is 23.1. The highest BCUT2D eigenvalue weighted by Crippen LogP contribution is 2.38. The highest BCUT2D eigenvalue weighted by molar-refractivity contribution is 6.74. The van der Waals surface area contributed by atoms with Gasteiger partial charge in [0.15, 0.2) is 14.6 Å². The van der Waals surface area contributed by atoms with Gasteiger partial charge in [-0.25, -0.2) is 0 Å². The second kappa shape index (κ2) is 11.5. The van der Waals surface area contributed by atoms with E-state index < -0.39 is 32.9 Å². The van der Waals surface area contributed by atoms with Gasteiger partial charge in [0.05, 0.1) is 31.5 Å². The molecular formula is C23H39N3O4Si. The summed E-state index contributed by atoms with van der Waals surface area (Å²) in [6.45, 7) is 15.9. The van der Waals surface area contributed by atoms with E-state index in [2.05, 4.69) is 57.7 Å². The lowest BCUT2D eigenvalue weighted by atomic mass is 10.1. The molecule has 31 heavy (non-hydrogen) atoms. The van der Waals surface area contributed by atoms with Crippen molar-refractivity contribution in [2.75, 3.05) is 6.61 Å². The Morgan fingerprint density at radius 3 is 2.35 bits per heavy atom. The molecule has 1 fully saturated rings. The molecule has 1 aliphatic rings. The molecule has 0 aliphatic carbocycles. The number of benzene rings is 1. The Bertz CT molecular complexity index is 715. The summed E-state index contributed by atoms with van der Waals surface area (Å²) < 4.78 is 25.1. The van der Waals surface area contributed by atoms with Crippen molar-refractivity contribution in [3.8, 4) is 0 Å². The fraction of sp³-hybridized carbons (Fsp3) is 0.739. The predicted octanol–water partition coefficient (Wildman–Crippen LogP) is 6.20. The molecule has 0 N–H and O–H groups in total. The van der Waals surface area contributed by atoms with E-state index in [1.165, 1.54) is 0 Å². The molecule has 0 aromatic heterocycles. The van der Waals surface area contributed by atoms with E-state index in [4.69, 9.17) is 18.6 Å². The van der Waals surface area contributed by atoms with E-state index >= 15 is 0 Å². The molecule has 0 spiro atoms. The molecule has 1 aromatic rings. The number of ether oxygens (including phenoxy) is 3. The molecule has 1 heterocycles. The van der Waals surface area contributed by atoms with E-state index in [0.717, 1.165) is 18.4 Å². The van der Waals surface area contributed by atoms with Gasteiger partial charge in [-0.3, -0.25) is 0 Å². The zero-order valence-electron chi connectivity index (χ0n) is 20.1. The summed E-state index contributed by atoms with van der Waals surface area (Å²) in [6, 6.07) is 9.44. The molecule has 174 valence electrons. The highest BCUT2D eigenvalue weighted by Gasteiger charge is 2.48. The van der Waals surface area contributed by atoms with Crippen LogP contribution in [0.25, 0.3) is 10.4 Å². The molecule has 4 atom stereocenters. The number of hydrogen-bond acceptors (Lipinski definition) is 5. The maximum atomic E-state index is 9.24. The molecule has 1 aromatic carbocycles. The first-order valence-electron chi connectivity index (χ1n) is 11.3. The molecule has 0 amide bonds. The summed E-state index contributed by atoms with van der Waals surface area (Å²) in [6.07, 6.45) is 0.277. The predicted molar refractivity (Wildman–Crippen MR) is 125 cm³/mol. The molecule has 1 saturated heterocycles. The van der Waals surface area contributed by atoms with Crippen molar-refractivity contribution >= 4 is 8.32 Å². The Labute approximate surface area is 188 Å². The molecular weight excluding hydrogens is 410 g/mol. The van der Waals surface area contributed by atoms with Crippen molar-refractivity contribution in [3.05, 3.63) is 46.3 Å². The Balaban J connectivity index is 2.19. The molecule has 0 bridgehead atoms. The quantitative estimate of drug-likeness (QED) is 0.174. The topological polar surface area (TPSA) is 85.7 Å². The van der Waals surface area contributed by atoms with E-state index in [9.17, 15) is 5.53 Å². The van der Waals surface area contributed by atoms with Crippen molar-refractivity contribution in [2.45, 2.75) is 103 Å². The third-order valence-corrected chi connectivity index (χ3v) is 10.9. The Morgan fingerprint density at radius 1 is 1.16 bits per heavy atom. The van der Waals surface area contributed by atoms with Crippen LogP contribution in [0.1, 0.15) is 53.0 Å². The molecule has 0 radical (unpaired) electrons. The van der Waals surface area contributed by atoms with Crippen LogP contribution in [-0.4, -0.2) is 45.6 Å². The number of rotatable bonds is 11. The maximum absolute atomic E-state index is 9.24. The summed E-state index contributed by atoms with van der Waals surface area (Å²) in [7, 11) is -1.98. The normalized spacial score (nSPS) is 24.4. The minimum Gasteiger partial charge on any atom is -0.414 e. The van der Waals surface area contributed by atoms with Crippen LogP contribution in [0.4, 0.5) is 0 Å². The molecule has 0 saturated carbocycles. The fourth-order valence-corrected chi connectivity index (χ4v) is 4.30. The summed E-state index contributed by atoms with van der Waals surface area (Å²) in [4.78, 5) is 3.09. The summed E-state index contributed by atoms with van der Waals surface area (Å²) in [5.41, 5.74) is 10.3. The Morgan fingerprint density at radius 2 is 1.81 bits per heavy atom. The van der Waals surface area contributed by atoms with Crippen molar-refractivity contribution in [1.82, 2.24) is 0 Å². The second-order valence-corrected chi connectivity index (χ2v) is 14.5. The van der Waals surface area contributed by atoms with Crippen LogP contribution in [0.2, 0.25) is 18.1 Å². The summed E-state index contributed by atoms with van der Waals surface area (Å²) in [5.74, 6) is 0. The third-order valence-electron chi connectivity index (χ3n) is 6.41. The van der Waals surface area contributed by atoms with Crippen LogP contribution >= 0.6 is 0 Å². The summed E-state index contributed by atoms with van der Waals surface area (Å²) in [5, 5.41) is 4.14. The monoisotopic (exact) mass is 449 g/mol. The fourth-order valence-electron chi connectivity index (χ4n) is 3.28. The maximum Gasteiger partial charge on any atom is 0.192 e. The van der Waals surface area contributed by atoms with E-state index in [1.807, 2.05) is 30.3 Å². The van der Waals surface area contributed by atoms with E-state index in [0.29, 0.717) is 13.2 Å². The van der Waals surface area contributed by atoms with Gasteiger partial charge in [0.25, 0.3) is 0 Å². The highest BCUT2D eigenvalue weighted by atomic mass is 28.4. The van der Waals surface area contributed by atoms with E-state index in [-0.39, 0.29) is 11.1 Å². The van der Waals surface area contributed by atoms with Crippen molar-refractivity contribution in [2.24, 2.45) is 5.11 Å². The van der Waals surface area contributed by atoms with Gasteiger partial charge >= 0.3 is 0 Å². The first kappa shape index (κ1) is 25.8. The van der Waals surface area contributed by atoms with Gasteiger partial charge in [-0.05, 0) is 42.1 Å². The number of azide groups is 1. The lowest BCUT2D eigenvalue weighted by molar-refractivity contribution is -0.194. The smallest absolute Gasteiger partial charge is 0.192 e. The minimum absolute atomic E-state index is 0.0490. The zero-order valence-corrected chi connectivity index (χ0v) is 21.1. The van der Waals surface area contributed by atoms with Crippen molar-refractivity contribution in [3.63, 3.8) is 0 Å². The number of nitrogens with zero attached hydrogens (tertiary/aromatic N) is 3. The van der Waals surface area contributed by atoms with Gasteiger partial charge < -0.3 is 18.6 Å². The van der Waals surface area contributed by atoms with Gasteiger partial charge in [-0.2, -0.15) is 0 Å². The van der Waals surface area contributed by atoms with Gasteiger partial charge in [-0.1, -0.05) is 70.1 Å². The molecule has 1 aliphatic heterocycles. The van der Waals surface area contributed by atoms with Gasteiger partial charge in [0.2, 0.25) is 0 Å². The SMILES string of the molecule is CCC(CC)O[C@@H]1[C@@H](OCc2ccccc2)O[C@H](CO[Si](C)(C)C(C)(C)C)[C@H]1N=[N+]=[N-]. The average molecular weight is 450 g/mol. The largest absolute Gasteiger partial charge is 0.414 e. The molecule has 0 unspecified atom stereocenters. The average Bonchev–Trinajstić information content (AvgIpc) is 3.05.